The van der Waals surface area contributed by atoms with Crippen molar-refractivity contribution in [3.05, 3.63) is 35.6 Å². The van der Waals surface area contributed by atoms with Crippen molar-refractivity contribution in [2.75, 3.05) is 6.54 Å². The standard InChI is InChI=1S/C14H18FNO2/c15-13-5-2-1-4-12(13)10-8-11(9-10)16-7-3-6-14(17)18/h1-2,4-5,10-11,16H,3,6-9H2,(H,17,18). The van der Waals surface area contributed by atoms with E-state index in [1.807, 2.05) is 12.1 Å². The fraction of sp³-hybridized carbons (Fsp3) is 0.500. The van der Waals surface area contributed by atoms with Gasteiger partial charge in [-0.3, -0.25) is 4.79 Å². The van der Waals surface area contributed by atoms with Gasteiger partial charge in [-0.15, -0.1) is 0 Å². The molecule has 0 amide bonds. The van der Waals surface area contributed by atoms with Crippen molar-refractivity contribution in [2.45, 2.75) is 37.6 Å². The maximum atomic E-state index is 13.5. The molecule has 1 fully saturated rings. The third-order valence-electron chi connectivity index (χ3n) is 3.48. The molecule has 0 heterocycles. The maximum absolute atomic E-state index is 13.5. The summed E-state index contributed by atoms with van der Waals surface area (Å²) in [4.78, 5) is 10.3. The van der Waals surface area contributed by atoms with Crippen LogP contribution in [-0.4, -0.2) is 23.7 Å². The van der Waals surface area contributed by atoms with Crippen LogP contribution in [0.1, 0.15) is 37.2 Å². The van der Waals surface area contributed by atoms with E-state index >= 15 is 0 Å². The summed E-state index contributed by atoms with van der Waals surface area (Å²) in [5, 5.41) is 11.8. The SMILES string of the molecule is O=C(O)CCCNC1CC(c2ccccc2F)C1. The van der Waals surface area contributed by atoms with Crippen molar-refractivity contribution >= 4 is 5.97 Å². The van der Waals surface area contributed by atoms with Crippen molar-refractivity contribution in [3.8, 4) is 0 Å². The minimum atomic E-state index is -0.755. The summed E-state index contributed by atoms with van der Waals surface area (Å²) in [7, 11) is 0. The molecule has 0 bridgehead atoms. The van der Waals surface area contributed by atoms with E-state index in [2.05, 4.69) is 5.32 Å². The van der Waals surface area contributed by atoms with Gasteiger partial charge in [0.15, 0.2) is 0 Å². The van der Waals surface area contributed by atoms with Crippen molar-refractivity contribution in [1.29, 1.82) is 0 Å². The average molecular weight is 251 g/mol. The lowest BCUT2D eigenvalue weighted by Gasteiger charge is -2.36. The highest BCUT2D eigenvalue weighted by Gasteiger charge is 2.31. The first-order valence-electron chi connectivity index (χ1n) is 6.36. The quantitative estimate of drug-likeness (QED) is 0.764. The third kappa shape index (κ3) is 3.29. The van der Waals surface area contributed by atoms with E-state index in [9.17, 15) is 9.18 Å². The Balaban J connectivity index is 1.68. The van der Waals surface area contributed by atoms with Gasteiger partial charge in [0.1, 0.15) is 5.82 Å². The lowest BCUT2D eigenvalue weighted by atomic mass is 9.75. The summed E-state index contributed by atoms with van der Waals surface area (Å²) in [6, 6.07) is 7.33. The second-order valence-electron chi connectivity index (χ2n) is 4.84. The zero-order valence-corrected chi connectivity index (χ0v) is 10.2. The number of carboxylic acids is 1. The summed E-state index contributed by atoms with van der Waals surface area (Å²) in [6.45, 7) is 0.723. The Morgan fingerprint density at radius 3 is 2.78 bits per heavy atom. The van der Waals surface area contributed by atoms with Crippen LogP contribution >= 0.6 is 0 Å². The number of rotatable bonds is 6. The minimum absolute atomic E-state index is 0.119. The molecule has 1 saturated carbocycles. The van der Waals surface area contributed by atoms with Crippen LogP contribution in [0.4, 0.5) is 4.39 Å². The van der Waals surface area contributed by atoms with Crippen molar-refractivity contribution in [3.63, 3.8) is 0 Å². The molecule has 2 rings (SSSR count). The van der Waals surface area contributed by atoms with E-state index in [4.69, 9.17) is 5.11 Å². The van der Waals surface area contributed by atoms with Crippen LogP contribution in [0.15, 0.2) is 24.3 Å². The van der Waals surface area contributed by atoms with Gasteiger partial charge >= 0.3 is 5.97 Å². The molecule has 0 atom stereocenters. The number of aliphatic carboxylic acids is 1. The van der Waals surface area contributed by atoms with Crippen molar-refractivity contribution < 1.29 is 14.3 Å². The molecule has 2 N–H and O–H groups in total. The number of hydrogen-bond donors (Lipinski definition) is 2. The van der Waals surface area contributed by atoms with E-state index in [0.29, 0.717) is 18.4 Å². The Bertz CT molecular complexity index is 416. The molecule has 18 heavy (non-hydrogen) atoms. The first-order valence-corrected chi connectivity index (χ1v) is 6.36. The summed E-state index contributed by atoms with van der Waals surface area (Å²) in [5.74, 6) is -0.565. The van der Waals surface area contributed by atoms with Gasteiger partial charge in [-0.1, -0.05) is 18.2 Å². The highest BCUT2D eigenvalue weighted by atomic mass is 19.1. The van der Waals surface area contributed by atoms with Crippen LogP contribution < -0.4 is 5.32 Å². The van der Waals surface area contributed by atoms with Gasteiger partial charge in [0.2, 0.25) is 0 Å². The van der Waals surface area contributed by atoms with Crippen molar-refractivity contribution in [1.82, 2.24) is 5.32 Å². The van der Waals surface area contributed by atoms with E-state index in [0.717, 1.165) is 24.9 Å². The molecule has 1 aliphatic rings. The van der Waals surface area contributed by atoms with Crippen molar-refractivity contribution in [2.24, 2.45) is 0 Å². The Kier molecular flexibility index (Phi) is 4.31. The highest BCUT2D eigenvalue weighted by molar-refractivity contribution is 5.66. The highest BCUT2D eigenvalue weighted by Crippen LogP contribution is 2.37. The van der Waals surface area contributed by atoms with Gasteiger partial charge in [-0.05, 0) is 43.4 Å². The molecule has 3 nitrogen and oxygen atoms in total. The molecule has 4 heteroatoms. The fourth-order valence-electron chi connectivity index (χ4n) is 2.39. The third-order valence-corrected chi connectivity index (χ3v) is 3.48. The van der Waals surface area contributed by atoms with Crippen LogP contribution in [-0.2, 0) is 4.79 Å². The van der Waals surface area contributed by atoms with Gasteiger partial charge in [-0.25, -0.2) is 4.39 Å². The molecule has 0 aromatic heterocycles. The van der Waals surface area contributed by atoms with E-state index in [-0.39, 0.29) is 12.2 Å². The lowest BCUT2D eigenvalue weighted by Crippen LogP contribution is -2.40. The van der Waals surface area contributed by atoms with Crippen LogP contribution in [0, 0.1) is 5.82 Å². The summed E-state index contributed by atoms with van der Waals surface area (Å²) in [5.41, 5.74) is 0.807. The molecule has 0 aliphatic heterocycles. The first-order chi connectivity index (χ1) is 8.66. The zero-order valence-electron chi connectivity index (χ0n) is 10.2. The topological polar surface area (TPSA) is 49.3 Å². The number of nitrogens with one attached hydrogen (secondary N) is 1. The van der Waals surface area contributed by atoms with Gasteiger partial charge in [0.05, 0.1) is 0 Å². The van der Waals surface area contributed by atoms with Gasteiger partial charge in [-0.2, -0.15) is 0 Å². The smallest absolute Gasteiger partial charge is 0.303 e. The van der Waals surface area contributed by atoms with E-state index in [1.165, 1.54) is 6.07 Å². The average Bonchev–Trinajstić information content (AvgIpc) is 2.28. The molecule has 1 aliphatic carbocycles. The summed E-state index contributed by atoms with van der Waals surface area (Å²) >= 11 is 0. The summed E-state index contributed by atoms with van der Waals surface area (Å²) < 4.78 is 13.5. The Labute approximate surface area is 106 Å². The molecular formula is C14H18FNO2. The van der Waals surface area contributed by atoms with E-state index < -0.39 is 5.97 Å². The maximum Gasteiger partial charge on any atom is 0.303 e. The normalized spacial score (nSPS) is 22.5. The monoisotopic (exact) mass is 251 g/mol. The Morgan fingerprint density at radius 2 is 2.11 bits per heavy atom. The molecular weight excluding hydrogens is 233 g/mol. The molecule has 1 aromatic rings. The Hall–Kier alpha value is -1.42. The molecule has 1 aromatic carbocycles. The second-order valence-corrected chi connectivity index (χ2v) is 4.84. The Morgan fingerprint density at radius 1 is 1.39 bits per heavy atom. The van der Waals surface area contributed by atoms with Gasteiger partial charge in [0, 0.05) is 12.5 Å². The number of halogens is 1. The fourth-order valence-corrected chi connectivity index (χ4v) is 2.39. The lowest BCUT2D eigenvalue weighted by molar-refractivity contribution is -0.137. The minimum Gasteiger partial charge on any atom is -0.481 e. The molecule has 0 spiro atoms. The number of carboxylic acid groups (broad SMARTS) is 1. The first kappa shape index (κ1) is 13.0. The van der Waals surface area contributed by atoms with Crippen LogP contribution in [0.2, 0.25) is 0 Å². The molecule has 0 radical (unpaired) electrons. The molecule has 0 unspecified atom stereocenters. The van der Waals surface area contributed by atoms with Gasteiger partial charge < -0.3 is 10.4 Å². The number of benzene rings is 1. The predicted octanol–water partition coefficient (Wildman–Crippen LogP) is 2.53. The second kappa shape index (κ2) is 5.96. The van der Waals surface area contributed by atoms with Gasteiger partial charge in [0.25, 0.3) is 0 Å². The largest absolute Gasteiger partial charge is 0.481 e. The number of carbonyl (C=O) groups is 1. The van der Waals surface area contributed by atoms with Crippen LogP contribution in [0.3, 0.4) is 0 Å². The van der Waals surface area contributed by atoms with E-state index in [1.54, 1.807) is 6.07 Å². The number of hydrogen-bond acceptors (Lipinski definition) is 2. The predicted molar refractivity (Wildman–Crippen MR) is 67.0 cm³/mol. The summed E-state index contributed by atoms with van der Waals surface area (Å²) in [6.07, 6.45) is 2.73. The van der Waals surface area contributed by atoms with Crippen LogP contribution in [0.5, 0.6) is 0 Å². The zero-order chi connectivity index (χ0) is 13.0. The molecule has 0 saturated heterocycles. The molecule has 98 valence electrons. The van der Waals surface area contributed by atoms with Crippen LogP contribution in [0.25, 0.3) is 0 Å².